The van der Waals surface area contributed by atoms with Crippen LogP contribution in [0.4, 0.5) is 0 Å². The maximum Gasteiger partial charge on any atom is 0 e. The van der Waals surface area contributed by atoms with E-state index in [-0.39, 0.29) is 31.1 Å². The Morgan fingerprint density at radius 2 is 1.25 bits per heavy atom. The van der Waals surface area contributed by atoms with Crippen molar-refractivity contribution >= 4 is 18.5 Å². The average Bonchev–Trinajstić information content (AvgIpc) is 0.918. The first-order valence-corrected chi connectivity index (χ1v) is 2.00. The Labute approximate surface area is 55.3 Å². The van der Waals surface area contributed by atoms with E-state index in [4.69, 9.17) is 0 Å². The molecule has 0 aromatic rings. The topological polar surface area (TPSA) is 0 Å². The van der Waals surface area contributed by atoms with Crippen molar-refractivity contribution in [2.24, 2.45) is 0 Å². The van der Waals surface area contributed by atoms with Crippen LogP contribution in [0.2, 0.25) is 0 Å². The third-order valence-corrected chi connectivity index (χ3v) is 0. The van der Waals surface area contributed by atoms with Crippen molar-refractivity contribution in [3.63, 3.8) is 0 Å². The first-order valence-electron chi connectivity index (χ1n) is 0.667. The number of hydrogen-bond acceptors (Lipinski definition) is 0. The SMILES string of the molecule is P[CH-]P.[U]. The van der Waals surface area contributed by atoms with Gasteiger partial charge in [-0.1, -0.05) is 0 Å². The normalized spacial score (nSPS) is 4.50. The second kappa shape index (κ2) is 8.86. The molecule has 0 aliphatic rings. The van der Waals surface area contributed by atoms with Gasteiger partial charge in [-0.05, 0) is 0 Å². The third kappa shape index (κ3) is 9.07. The van der Waals surface area contributed by atoms with Crippen LogP contribution in [-0.4, -0.2) is 0 Å². The largest absolute Gasteiger partial charge is 0.295 e. The van der Waals surface area contributed by atoms with Gasteiger partial charge in [-0.15, -0.1) is 0 Å². The number of hydrogen-bond donors (Lipinski definition) is 0. The van der Waals surface area contributed by atoms with E-state index in [1.54, 1.807) is 0 Å². The predicted octanol–water partition coefficient (Wildman–Crippen LogP) is 0.856. The molecule has 24 valence electrons. The molecule has 0 spiro atoms. The summed E-state index contributed by atoms with van der Waals surface area (Å²) in [6, 6.07) is 0. The second-order valence-corrected chi connectivity index (χ2v) is 1.73. The van der Waals surface area contributed by atoms with Crippen LogP contribution in [-0.2, 0) is 0 Å². The van der Waals surface area contributed by atoms with Crippen molar-refractivity contribution in [1.82, 2.24) is 0 Å². The fourth-order valence-electron chi connectivity index (χ4n) is 0. The molecule has 0 bridgehead atoms. The zero-order chi connectivity index (χ0) is 2.71. The van der Waals surface area contributed by atoms with Gasteiger partial charge in [-0.25, -0.2) is 0 Å². The van der Waals surface area contributed by atoms with Crippen LogP contribution in [0.15, 0.2) is 0 Å². The van der Waals surface area contributed by atoms with Gasteiger partial charge in [-0.3, -0.25) is 24.4 Å². The summed E-state index contributed by atoms with van der Waals surface area (Å²) >= 11 is 0. The third-order valence-electron chi connectivity index (χ3n) is 0. The van der Waals surface area contributed by atoms with Crippen molar-refractivity contribution in [2.45, 2.75) is 0 Å². The van der Waals surface area contributed by atoms with Gasteiger partial charge >= 0.3 is 0 Å². The minimum Gasteiger partial charge on any atom is -0.295 e. The summed E-state index contributed by atoms with van der Waals surface area (Å²) in [7, 11) is 4.83. The fourth-order valence-corrected chi connectivity index (χ4v) is 0. The molecule has 0 nitrogen and oxygen atoms in total. The van der Waals surface area contributed by atoms with E-state index in [1.807, 2.05) is 5.90 Å². The molecule has 0 saturated carbocycles. The Bertz CT molecular complexity index is 6.00. The molecule has 4 heavy (non-hydrogen) atoms. The summed E-state index contributed by atoms with van der Waals surface area (Å²) in [6.45, 7) is 0. The van der Waals surface area contributed by atoms with Gasteiger partial charge in [0.25, 0.3) is 0 Å². The summed E-state index contributed by atoms with van der Waals surface area (Å²) in [6.07, 6.45) is 0. The Kier molecular flexibility index (Phi) is 20.7. The van der Waals surface area contributed by atoms with E-state index < -0.39 is 0 Å². The van der Waals surface area contributed by atoms with Crippen LogP contribution in [0.5, 0.6) is 0 Å². The summed E-state index contributed by atoms with van der Waals surface area (Å²) in [5.41, 5.74) is 0. The van der Waals surface area contributed by atoms with Crippen LogP contribution in [0.3, 0.4) is 0 Å². The molecule has 0 aromatic heterocycles. The molecule has 2 unspecified atom stereocenters. The van der Waals surface area contributed by atoms with E-state index in [0.29, 0.717) is 0 Å². The predicted molar refractivity (Wildman–Crippen MR) is 23.7 cm³/mol. The van der Waals surface area contributed by atoms with Crippen LogP contribution in [0.1, 0.15) is 0 Å². The molecule has 0 aromatic carbocycles. The average molecular weight is 317 g/mol. The van der Waals surface area contributed by atoms with Crippen LogP contribution >= 0.6 is 18.5 Å². The van der Waals surface area contributed by atoms with Crippen molar-refractivity contribution in [3.8, 4) is 0 Å². The van der Waals surface area contributed by atoms with Crippen molar-refractivity contribution in [2.75, 3.05) is 0 Å². The van der Waals surface area contributed by atoms with Gasteiger partial charge in [0, 0.05) is 31.1 Å². The van der Waals surface area contributed by atoms with Gasteiger partial charge in [0.2, 0.25) is 0 Å². The Balaban J connectivity index is 0. The van der Waals surface area contributed by atoms with Gasteiger partial charge in [0.05, 0.1) is 0 Å². The molecule has 0 saturated heterocycles. The van der Waals surface area contributed by atoms with E-state index in [2.05, 4.69) is 18.5 Å². The van der Waals surface area contributed by atoms with Crippen molar-refractivity contribution < 1.29 is 31.1 Å². The molecule has 0 aliphatic heterocycles. The zero-order valence-corrected chi connectivity index (χ0v) is 8.71. The van der Waals surface area contributed by atoms with E-state index in [0.717, 1.165) is 0 Å². The maximum absolute atomic E-state index is 2.42. The fraction of sp³-hybridized carbons (Fsp3) is 0. The van der Waals surface area contributed by atoms with Gasteiger partial charge in [-0.2, -0.15) is 0 Å². The molecule has 0 radical (unpaired) electrons. The van der Waals surface area contributed by atoms with Crippen LogP contribution < -0.4 is 0 Å². The van der Waals surface area contributed by atoms with Crippen molar-refractivity contribution in [1.29, 1.82) is 0 Å². The summed E-state index contributed by atoms with van der Waals surface area (Å²) in [5.74, 6) is 1.83. The first-order chi connectivity index (χ1) is 1.41. The molecule has 0 rings (SSSR count). The maximum atomic E-state index is 2.42. The van der Waals surface area contributed by atoms with E-state index in [9.17, 15) is 0 Å². The molecule has 0 heterocycles. The second-order valence-electron chi connectivity index (χ2n) is 0.192. The monoisotopic (exact) mass is 317 g/mol. The first kappa shape index (κ1) is 9.32. The zero-order valence-electron chi connectivity index (χ0n) is 2.23. The summed E-state index contributed by atoms with van der Waals surface area (Å²) in [4.78, 5) is 0. The Morgan fingerprint density at radius 1 is 1.25 bits per heavy atom. The molecule has 0 fully saturated rings. The summed E-state index contributed by atoms with van der Waals surface area (Å²) in [5, 5.41) is 0. The van der Waals surface area contributed by atoms with Gasteiger partial charge in [0.1, 0.15) is 0 Å². The molecule has 0 N–H and O–H groups in total. The molecule has 0 amide bonds. The minimum atomic E-state index is 0. The molecular formula is CH5P2U-. The van der Waals surface area contributed by atoms with E-state index in [1.165, 1.54) is 0 Å². The molecule has 0 aliphatic carbocycles. The smallest absolute Gasteiger partial charge is 0 e. The standard InChI is InChI=1S/CH5P2.U/c2-1-3;/h1H,2-3H2;/q-1;. The van der Waals surface area contributed by atoms with Gasteiger partial charge < -0.3 is 0 Å². The van der Waals surface area contributed by atoms with Crippen LogP contribution in [0.25, 0.3) is 0 Å². The molecule has 3 heteroatoms. The quantitative estimate of drug-likeness (QED) is 0.459. The van der Waals surface area contributed by atoms with Crippen molar-refractivity contribution in [3.05, 3.63) is 5.90 Å². The van der Waals surface area contributed by atoms with E-state index >= 15 is 0 Å². The minimum absolute atomic E-state index is 0. The Hall–Kier alpha value is 1.91. The number of rotatable bonds is 0. The molecule has 2 atom stereocenters. The Morgan fingerprint density at radius 3 is 1.25 bits per heavy atom. The summed E-state index contributed by atoms with van der Waals surface area (Å²) < 4.78 is 0. The van der Waals surface area contributed by atoms with Gasteiger partial charge in [0.15, 0.2) is 0 Å². The van der Waals surface area contributed by atoms with Crippen LogP contribution in [0, 0.1) is 37.0 Å². The molecular weight excluding hydrogens is 312 g/mol.